The van der Waals surface area contributed by atoms with Gasteiger partial charge in [0.25, 0.3) is 0 Å². The van der Waals surface area contributed by atoms with Crippen LogP contribution in [0.1, 0.15) is 0 Å². The molecule has 29 heavy (non-hydrogen) atoms. The Labute approximate surface area is 163 Å². The first-order chi connectivity index (χ1) is 14.0. The Balaban J connectivity index is 1.78. The van der Waals surface area contributed by atoms with E-state index in [0.717, 1.165) is 9.25 Å². The predicted molar refractivity (Wildman–Crippen MR) is 100 cm³/mol. The molecular weight excluding hydrogens is 380 g/mol. The summed E-state index contributed by atoms with van der Waals surface area (Å²) in [6.07, 6.45) is 0. The molecule has 11 nitrogen and oxygen atoms in total. The largest absolute Gasteiger partial charge is 0.690 e. The van der Waals surface area contributed by atoms with Crippen molar-refractivity contribution in [3.05, 3.63) is 58.2 Å². The molecule has 4 rings (SSSR count). The van der Waals surface area contributed by atoms with Crippen LogP contribution in [0.15, 0.2) is 47.3 Å². The highest BCUT2D eigenvalue weighted by molar-refractivity contribution is 5.75. The molecule has 0 unspecified atom stereocenters. The Kier molecular flexibility index (Phi) is 4.47. The maximum absolute atomic E-state index is 12.5. The zero-order chi connectivity index (χ0) is 20.5. The summed E-state index contributed by atoms with van der Waals surface area (Å²) in [5, 5.41) is 20.2. The highest BCUT2D eigenvalue weighted by Crippen LogP contribution is 2.28. The van der Waals surface area contributed by atoms with Gasteiger partial charge in [-0.2, -0.15) is 4.98 Å². The molecule has 0 amide bonds. The van der Waals surface area contributed by atoms with E-state index < -0.39 is 5.69 Å². The van der Waals surface area contributed by atoms with Gasteiger partial charge in [-0.1, -0.05) is 21.8 Å². The first kappa shape index (κ1) is 18.2. The minimum absolute atomic E-state index is 0.0203. The first-order valence-corrected chi connectivity index (χ1v) is 8.44. The Hall–Kier alpha value is -4.15. The quantitative estimate of drug-likeness (QED) is 0.361. The van der Waals surface area contributed by atoms with Gasteiger partial charge in [-0.05, 0) is 24.3 Å². The number of para-hydroxylation sites is 2. The van der Waals surface area contributed by atoms with Gasteiger partial charge < -0.3 is 19.4 Å². The van der Waals surface area contributed by atoms with E-state index in [4.69, 9.17) is 14.2 Å². The topological polar surface area (TPSA) is 120 Å². The number of ether oxygens (including phenoxy) is 3. The molecule has 2 aromatic heterocycles. The average Bonchev–Trinajstić information content (AvgIpc) is 2.97. The van der Waals surface area contributed by atoms with Gasteiger partial charge in [0, 0.05) is 6.07 Å². The molecular formula is C18H16N6O5. The number of aromatic nitrogens is 6. The van der Waals surface area contributed by atoms with E-state index in [1.807, 2.05) is 0 Å². The van der Waals surface area contributed by atoms with Crippen molar-refractivity contribution in [3.8, 4) is 29.2 Å². The fraction of sp³-hybridized carbons (Fsp3) is 0.167. The molecule has 0 fully saturated rings. The third-order valence-corrected chi connectivity index (χ3v) is 4.23. The van der Waals surface area contributed by atoms with Crippen molar-refractivity contribution in [2.45, 2.75) is 0 Å². The van der Waals surface area contributed by atoms with Crippen LogP contribution in [-0.2, 0) is 7.05 Å². The molecule has 4 aromatic rings. The molecule has 0 atom stereocenters. The van der Waals surface area contributed by atoms with Crippen LogP contribution in [0.5, 0.6) is 23.5 Å². The number of methoxy groups -OCH3 is 2. The Morgan fingerprint density at radius 2 is 1.83 bits per heavy atom. The van der Waals surface area contributed by atoms with Crippen molar-refractivity contribution in [1.29, 1.82) is 0 Å². The normalized spacial score (nSPS) is 10.9. The number of hydrogen-bond donors (Lipinski definition) is 0. The van der Waals surface area contributed by atoms with Crippen LogP contribution in [0.4, 0.5) is 0 Å². The van der Waals surface area contributed by atoms with Gasteiger partial charge in [0.05, 0.1) is 26.8 Å². The summed E-state index contributed by atoms with van der Waals surface area (Å²) < 4.78 is 18.0. The standard InChI is InChI=1S/C18H16N6O5/c1-22-17(25)23(18(28-3)24(22)26)14-6-4-5-7-15(14)29-16-19-12-9-8-11(27-2)10-13(12)20-21-16/h4-10H,1-3H3. The fourth-order valence-corrected chi connectivity index (χ4v) is 2.79. The van der Waals surface area contributed by atoms with Crippen LogP contribution < -0.4 is 24.7 Å². The average molecular weight is 396 g/mol. The number of rotatable bonds is 5. The molecule has 0 saturated heterocycles. The highest BCUT2D eigenvalue weighted by Gasteiger charge is 2.28. The Morgan fingerprint density at radius 3 is 2.59 bits per heavy atom. The molecule has 148 valence electrons. The second-order valence-corrected chi connectivity index (χ2v) is 5.92. The van der Waals surface area contributed by atoms with Crippen molar-refractivity contribution in [2.24, 2.45) is 7.05 Å². The van der Waals surface area contributed by atoms with Crippen molar-refractivity contribution in [1.82, 2.24) is 24.4 Å². The molecule has 2 aromatic carbocycles. The molecule has 11 heteroatoms. The number of fused-ring (bicyclic) bond motifs is 1. The summed E-state index contributed by atoms with van der Waals surface area (Å²) in [5.74, 6) is 0.878. The molecule has 0 aliphatic heterocycles. The van der Waals surface area contributed by atoms with Crippen LogP contribution >= 0.6 is 0 Å². The van der Waals surface area contributed by atoms with Crippen molar-refractivity contribution >= 4 is 11.0 Å². The van der Waals surface area contributed by atoms with Gasteiger partial charge in [0.2, 0.25) is 0 Å². The minimum Gasteiger partial charge on any atom is -0.690 e. The van der Waals surface area contributed by atoms with Gasteiger partial charge in [0.15, 0.2) is 11.4 Å². The Bertz CT molecular complexity index is 1270. The van der Waals surface area contributed by atoms with E-state index in [1.54, 1.807) is 49.6 Å². The van der Waals surface area contributed by atoms with Gasteiger partial charge in [-0.3, -0.25) is 0 Å². The monoisotopic (exact) mass is 396 g/mol. The van der Waals surface area contributed by atoms with Crippen LogP contribution in [-0.4, -0.2) is 38.6 Å². The lowest BCUT2D eigenvalue weighted by Gasteiger charge is -2.08. The number of benzene rings is 2. The number of hydrogen-bond acceptors (Lipinski definition) is 8. The zero-order valence-corrected chi connectivity index (χ0v) is 15.8. The van der Waals surface area contributed by atoms with Crippen molar-refractivity contribution < 1.29 is 19.1 Å². The van der Waals surface area contributed by atoms with Crippen molar-refractivity contribution in [2.75, 3.05) is 14.2 Å². The molecule has 0 saturated carbocycles. The fourth-order valence-electron chi connectivity index (χ4n) is 2.79. The molecule has 0 bridgehead atoms. The Morgan fingerprint density at radius 1 is 1.03 bits per heavy atom. The summed E-state index contributed by atoms with van der Waals surface area (Å²) in [6, 6.07) is 11.6. The van der Waals surface area contributed by atoms with E-state index in [-0.39, 0.29) is 23.5 Å². The smallest absolute Gasteiger partial charge is 0.489 e. The van der Waals surface area contributed by atoms with Crippen LogP contribution in [0, 0.1) is 5.21 Å². The third kappa shape index (κ3) is 3.08. The lowest BCUT2D eigenvalue weighted by molar-refractivity contribution is -0.698. The van der Waals surface area contributed by atoms with Gasteiger partial charge in [-0.15, -0.1) is 14.6 Å². The maximum Gasteiger partial charge on any atom is 0.489 e. The van der Waals surface area contributed by atoms with E-state index in [0.29, 0.717) is 21.6 Å². The number of nitrogens with zero attached hydrogens (tertiary/aromatic N) is 6. The third-order valence-electron chi connectivity index (χ3n) is 4.23. The second-order valence-electron chi connectivity index (χ2n) is 5.92. The van der Waals surface area contributed by atoms with Crippen molar-refractivity contribution in [3.63, 3.8) is 0 Å². The second kappa shape index (κ2) is 7.11. The predicted octanol–water partition coefficient (Wildman–Crippen LogP) is 0.957. The van der Waals surface area contributed by atoms with E-state index >= 15 is 0 Å². The molecule has 0 aliphatic rings. The van der Waals surface area contributed by atoms with E-state index in [1.165, 1.54) is 14.2 Å². The molecule has 2 heterocycles. The lowest BCUT2D eigenvalue weighted by Crippen LogP contribution is -2.40. The summed E-state index contributed by atoms with van der Waals surface area (Å²) in [6.45, 7) is 0. The van der Waals surface area contributed by atoms with Crippen LogP contribution in [0.3, 0.4) is 0 Å². The van der Waals surface area contributed by atoms with E-state index in [9.17, 15) is 10.0 Å². The van der Waals surface area contributed by atoms with E-state index in [2.05, 4.69) is 15.2 Å². The van der Waals surface area contributed by atoms with Gasteiger partial charge >= 0.3 is 17.7 Å². The molecule has 0 aliphatic carbocycles. The molecule has 0 N–H and O–H groups in total. The van der Waals surface area contributed by atoms with Crippen LogP contribution in [0.25, 0.3) is 16.7 Å². The van der Waals surface area contributed by atoms with Gasteiger partial charge in [0.1, 0.15) is 11.3 Å². The minimum atomic E-state index is -0.599. The molecule has 0 spiro atoms. The highest BCUT2D eigenvalue weighted by atomic mass is 16.6. The molecule has 0 radical (unpaired) electrons. The van der Waals surface area contributed by atoms with Gasteiger partial charge in [-0.25, -0.2) is 4.79 Å². The van der Waals surface area contributed by atoms with Crippen LogP contribution in [0.2, 0.25) is 0 Å². The maximum atomic E-state index is 12.5. The first-order valence-electron chi connectivity index (χ1n) is 8.44. The summed E-state index contributed by atoms with van der Waals surface area (Å²) in [7, 11) is 4.19. The lowest BCUT2D eigenvalue weighted by atomic mass is 10.3. The zero-order valence-electron chi connectivity index (χ0n) is 15.8. The summed E-state index contributed by atoms with van der Waals surface area (Å²) >= 11 is 0. The summed E-state index contributed by atoms with van der Waals surface area (Å²) in [4.78, 5) is 17.2. The SMILES string of the molecule is COc1ccc2nc(Oc3ccccc3-n3c(OC)[n+]([O-])n(C)c3=O)nnc2c1. The summed E-state index contributed by atoms with van der Waals surface area (Å²) in [5.41, 5.74) is 0.786.